The lowest BCUT2D eigenvalue weighted by Gasteiger charge is -2.38. The van der Waals surface area contributed by atoms with Crippen LogP contribution >= 0.6 is 0 Å². The Hall–Kier alpha value is -3.18. The van der Waals surface area contributed by atoms with Crippen LogP contribution in [-0.2, 0) is 10.0 Å². The van der Waals surface area contributed by atoms with Gasteiger partial charge in [0.15, 0.2) is 0 Å². The van der Waals surface area contributed by atoms with Crippen molar-refractivity contribution in [1.29, 1.82) is 0 Å². The summed E-state index contributed by atoms with van der Waals surface area (Å²) in [5, 5.41) is 13.4. The van der Waals surface area contributed by atoms with Crippen LogP contribution in [0.2, 0.25) is 0 Å². The number of hydrogen-bond donors (Lipinski definition) is 2. The standard InChI is InChI=1S/C27H25FN2O3S/c1-18-3-2-4-22(15-18)34(32,33)30-14-13-23-26(17-31)29-25-12-9-20(16-24(25)27(23)30)6-5-19-7-10-21(28)11-8-19/h2-4,7-12,15-16,23,26-27,29,31H,13-14,17H2,1H3/t23-,26+,27-/m1/s1. The minimum absolute atomic E-state index is 0.0580. The number of nitrogens with one attached hydrogen (secondary N) is 1. The van der Waals surface area contributed by atoms with Crippen LogP contribution in [-0.4, -0.2) is 37.0 Å². The predicted molar refractivity (Wildman–Crippen MR) is 129 cm³/mol. The summed E-state index contributed by atoms with van der Waals surface area (Å²) in [7, 11) is -3.73. The van der Waals surface area contributed by atoms with E-state index in [1.165, 1.54) is 12.1 Å². The van der Waals surface area contributed by atoms with Gasteiger partial charge in [-0.2, -0.15) is 4.31 Å². The molecular weight excluding hydrogens is 451 g/mol. The molecule has 2 aliphatic heterocycles. The summed E-state index contributed by atoms with van der Waals surface area (Å²) in [4.78, 5) is 0.279. The first kappa shape index (κ1) is 22.6. The van der Waals surface area contributed by atoms with E-state index in [1.54, 1.807) is 34.6 Å². The number of anilines is 1. The van der Waals surface area contributed by atoms with Crippen molar-refractivity contribution < 1.29 is 17.9 Å². The second-order valence-corrected chi connectivity index (χ2v) is 10.7. The first-order valence-corrected chi connectivity index (χ1v) is 12.7. The van der Waals surface area contributed by atoms with E-state index in [0.29, 0.717) is 18.5 Å². The monoisotopic (exact) mass is 476 g/mol. The number of fused-ring (bicyclic) bond motifs is 3. The smallest absolute Gasteiger partial charge is 0.243 e. The van der Waals surface area contributed by atoms with Crippen molar-refractivity contribution in [2.45, 2.75) is 30.3 Å². The van der Waals surface area contributed by atoms with E-state index in [1.807, 2.05) is 31.2 Å². The quantitative estimate of drug-likeness (QED) is 0.559. The van der Waals surface area contributed by atoms with Gasteiger partial charge in [-0.05, 0) is 79.1 Å². The molecule has 5 nitrogen and oxygen atoms in total. The molecule has 1 fully saturated rings. The van der Waals surface area contributed by atoms with Gasteiger partial charge in [-0.3, -0.25) is 0 Å². The van der Waals surface area contributed by atoms with Gasteiger partial charge in [-0.1, -0.05) is 24.0 Å². The molecule has 0 bridgehead atoms. The van der Waals surface area contributed by atoms with Crippen molar-refractivity contribution in [3.63, 3.8) is 0 Å². The third-order valence-electron chi connectivity index (χ3n) is 6.61. The molecule has 0 radical (unpaired) electrons. The fourth-order valence-electron chi connectivity index (χ4n) is 4.96. The summed E-state index contributed by atoms with van der Waals surface area (Å²) in [6, 6.07) is 18.0. The number of aliphatic hydroxyl groups is 1. The maximum absolute atomic E-state index is 13.7. The molecule has 2 aliphatic rings. The lowest BCUT2D eigenvalue weighted by molar-refractivity contribution is 0.210. The van der Waals surface area contributed by atoms with Gasteiger partial charge >= 0.3 is 0 Å². The molecule has 0 unspecified atom stereocenters. The highest BCUT2D eigenvalue weighted by Crippen LogP contribution is 2.48. The lowest BCUT2D eigenvalue weighted by atomic mass is 9.83. The Morgan fingerprint density at radius 1 is 1.06 bits per heavy atom. The number of nitrogens with zero attached hydrogens (tertiary/aromatic N) is 1. The molecule has 1 saturated heterocycles. The van der Waals surface area contributed by atoms with E-state index in [9.17, 15) is 17.9 Å². The number of hydrogen-bond acceptors (Lipinski definition) is 4. The van der Waals surface area contributed by atoms with Gasteiger partial charge in [0.05, 0.1) is 23.6 Å². The SMILES string of the molecule is Cc1cccc(S(=O)(=O)N2CC[C@@H]3[C@H](CO)Nc4ccc(C#Cc5ccc(F)cc5)cc4[C@@H]32)c1. The maximum Gasteiger partial charge on any atom is 0.243 e. The second kappa shape index (κ2) is 8.88. The van der Waals surface area contributed by atoms with Crippen LogP contribution < -0.4 is 5.32 Å². The van der Waals surface area contributed by atoms with Crippen LogP contribution in [0.4, 0.5) is 10.1 Å². The zero-order valence-electron chi connectivity index (χ0n) is 18.7. The highest BCUT2D eigenvalue weighted by Gasteiger charge is 2.48. The van der Waals surface area contributed by atoms with Gasteiger partial charge in [0.2, 0.25) is 10.0 Å². The minimum Gasteiger partial charge on any atom is -0.394 e. The van der Waals surface area contributed by atoms with Gasteiger partial charge in [0.25, 0.3) is 0 Å². The Bertz CT molecular complexity index is 1390. The Morgan fingerprint density at radius 2 is 1.79 bits per heavy atom. The van der Waals surface area contributed by atoms with Crippen molar-refractivity contribution in [1.82, 2.24) is 4.31 Å². The van der Waals surface area contributed by atoms with Crippen LogP contribution in [0.5, 0.6) is 0 Å². The molecule has 0 aliphatic carbocycles. The van der Waals surface area contributed by atoms with Gasteiger partial charge in [0, 0.05) is 29.3 Å². The van der Waals surface area contributed by atoms with Gasteiger partial charge < -0.3 is 10.4 Å². The van der Waals surface area contributed by atoms with Crippen LogP contribution in [0.15, 0.2) is 71.6 Å². The topological polar surface area (TPSA) is 69.6 Å². The van der Waals surface area contributed by atoms with Crippen molar-refractivity contribution in [2.24, 2.45) is 5.92 Å². The minimum atomic E-state index is -3.73. The normalized spacial score (nSPS) is 21.7. The van der Waals surface area contributed by atoms with E-state index in [2.05, 4.69) is 17.2 Å². The van der Waals surface area contributed by atoms with E-state index < -0.39 is 16.1 Å². The summed E-state index contributed by atoms with van der Waals surface area (Å²) in [6.45, 7) is 2.18. The first-order valence-electron chi connectivity index (χ1n) is 11.2. The zero-order chi connectivity index (χ0) is 23.9. The number of benzene rings is 3. The lowest BCUT2D eigenvalue weighted by Crippen LogP contribution is -2.42. The number of aryl methyl sites for hydroxylation is 1. The van der Waals surface area contributed by atoms with Gasteiger partial charge in [0.1, 0.15) is 5.82 Å². The largest absolute Gasteiger partial charge is 0.394 e. The summed E-state index contributed by atoms with van der Waals surface area (Å²) < 4.78 is 42.1. The van der Waals surface area contributed by atoms with Crippen LogP contribution in [0, 0.1) is 30.5 Å². The first-order chi connectivity index (χ1) is 16.4. The van der Waals surface area contributed by atoms with Crippen molar-refractivity contribution in [3.8, 4) is 11.8 Å². The molecule has 3 aromatic rings. The molecule has 0 spiro atoms. The van der Waals surface area contributed by atoms with E-state index in [-0.39, 0.29) is 29.3 Å². The Kier molecular flexibility index (Phi) is 5.90. The molecular formula is C27H25FN2O3S. The Morgan fingerprint density at radius 3 is 2.53 bits per heavy atom. The highest BCUT2D eigenvalue weighted by molar-refractivity contribution is 7.89. The summed E-state index contributed by atoms with van der Waals surface area (Å²) in [5.74, 6) is 5.78. The molecule has 34 heavy (non-hydrogen) atoms. The average molecular weight is 477 g/mol. The summed E-state index contributed by atoms with van der Waals surface area (Å²) in [5.41, 5.74) is 3.98. The second-order valence-electron chi connectivity index (χ2n) is 8.82. The van der Waals surface area contributed by atoms with Crippen LogP contribution in [0.3, 0.4) is 0 Å². The summed E-state index contributed by atoms with van der Waals surface area (Å²) in [6.07, 6.45) is 0.652. The molecule has 2 heterocycles. The average Bonchev–Trinajstić information content (AvgIpc) is 3.30. The number of sulfonamides is 1. The number of halogens is 1. The van der Waals surface area contributed by atoms with Crippen molar-refractivity contribution in [3.05, 3.63) is 94.8 Å². The van der Waals surface area contributed by atoms with E-state index >= 15 is 0 Å². The predicted octanol–water partition coefficient (Wildman–Crippen LogP) is 4.07. The number of rotatable bonds is 3. The molecule has 0 amide bonds. The van der Waals surface area contributed by atoms with Crippen LogP contribution in [0.1, 0.15) is 34.7 Å². The summed E-state index contributed by atoms with van der Waals surface area (Å²) >= 11 is 0. The maximum atomic E-state index is 13.7. The van der Waals surface area contributed by atoms with E-state index in [4.69, 9.17) is 0 Å². The molecule has 0 saturated carbocycles. The molecule has 2 N–H and O–H groups in total. The Labute approximate surface area is 199 Å². The number of aliphatic hydroxyl groups excluding tert-OH is 1. The fourth-order valence-corrected chi connectivity index (χ4v) is 6.73. The fraction of sp³-hybridized carbons (Fsp3) is 0.259. The van der Waals surface area contributed by atoms with Gasteiger partial charge in [-0.25, -0.2) is 12.8 Å². The molecule has 7 heteroatoms. The molecule has 3 atom stereocenters. The molecule has 174 valence electrons. The van der Waals surface area contributed by atoms with Crippen molar-refractivity contribution >= 4 is 15.7 Å². The van der Waals surface area contributed by atoms with Gasteiger partial charge in [-0.15, -0.1) is 0 Å². The van der Waals surface area contributed by atoms with Crippen molar-refractivity contribution in [2.75, 3.05) is 18.5 Å². The third-order valence-corrected chi connectivity index (χ3v) is 8.49. The zero-order valence-corrected chi connectivity index (χ0v) is 19.5. The molecule has 3 aromatic carbocycles. The van der Waals surface area contributed by atoms with Crippen LogP contribution in [0.25, 0.3) is 0 Å². The van der Waals surface area contributed by atoms with E-state index in [0.717, 1.165) is 22.4 Å². The highest BCUT2D eigenvalue weighted by atomic mass is 32.2. The molecule has 5 rings (SSSR count). The Balaban J connectivity index is 1.55. The molecule has 0 aromatic heterocycles. The third kappa shape index (κ3) is 4.09.